The number of nitrogens with zero attached hydrogens (tertiary/aromatic N) is 3. The van der Waals surface area contributed by atoms with E-state index in [2.05, 4.69) is 10.4 Å². The molecule has 1 aliphatic heterocycles. The van der Waals surface area contributed by atoms with E-state index in [0.717, 1.165) is 12.8 Å². The Morgan fingerprint density at radius 2 is 2.18 bits per heavy atom. The van der Waals surface area contributed by atoms with Crippen LogP contribution < -0.4 is 10.9 Å². The number of carbonyl (C=O) groups excluding carboxylic acids is 1. The summed E-state index contributed by atoms with van der Waals surface area (Å²) in [5, 5.41) is 7.36. The second kappa shape index (κ2) is 7.60. The van der Waals surface area contributed by atoms with Crippen LogP contribution in [0.1, 0.15) is 19.3 Å². The molecule has 8 heteroatoms. The third-order valence-corrected chi connectivity index (χ3v) is 4.17. The van der Waals surface area contributed by atoms with E-state index in [1.54, 1.807) is 20.4 Å². The largest absolute Gasteiger partial charge is 0.384 e. The lowest BCUT2D eigenvalue weighted by molar-refractivity contribution is -0.133. The molecule has 122 valence electrons. The van der Waals surface area contributed by atoms with Crippen LogP contribution in [0.2, 0.25) is 5.02 Å². The van der Waals surface area contributed by atoms with Crippen molar-refractivity contribution in [3.63, 3.8) is 0 Å². The van der Waals surface area contributed by atoms with Crippen LogP contribution in [0, 0.1) is 0 Å². The van der Waals surface area contributed by atoms with Gasteiger partial charge in [-0.1, -0.05) is 11.6 Å². The molecule has 0 aromatic carbocycles. The second-order valence-corrected chi connectivity index (χ2v) is 5.72. The van der Waals surface area contributed by atoms with E-state index in [9.17, 15) is 9.59 Å². The fourth-order valence-electron chi connectivity index (χ4n) is 2.45. The molecule has 0 saturated carbocycles. The van der Waals surface area contributed by atoms with Crippen molar-refractivity contribution in [3.8, 4) is 0 Å². The van der Waals surface area contributed by atoms with Gasteiger partial charge in [-0.25, -0.2) is 4.68 Å². The molecule has 1 aromatic heterocycles. The van der Waals surface area contributed by atoms with E-state index < -0.39 is 0 Å². The number of methoxy groups -OCH3 is 1. The Balaban J connectivity index is 1.89. The van der Waals surface area contributed by atoms with Crippen molar-refractivity contribution in [1.29, 1.82) is 0 Å². The summed E-state index contributed by atoms with van der Waals surface area (Å²) in [5.74, 6) is 0.119. The Morgan fingerprint density at radius 3 is 2.82 bits per heavy atom. The summed E-state index contributed by atoms with van der Waals surface area (Å²) in [4.78, 5) is 25.5. The third-order valence-electron chi connectivity index (χ3n) is 3.81. The SMILES string of the molecule is COCCC(=O)N1CCC(Nc2cnn(C)c(=O)c2Cl)CC1. The number of anilines is 1. The number of rotatable bonds is 5. The van der Waals surface area contributed by atoms with Gasteiger partial charge in [0.25, 0.3) is 5.56 Å². The van der Waals surface area contributed by atoms with Crippen LogP contribution in [0.15, 0.2) is 11.0 Å². The highest BCUT2D eigenvalue weighted by atomic mass is 35.5. The van der Waals surface area contributed by atoms with Gasteiger partial charge >= 0.3 is 0 Å². The zero-order valence-electron chi connectivity index (χ0n) is 12.8. The maximum absolute atomic E-state index is 11.9. The van der Waals surface area contributed by atoms with E-state index >= 15 is 0 Å². The van der Waals surface area contributed by atoms with Crippen molar-refractivity contribution in [3.05, 3.63) is 21.6 Å². The van der Waals surface area contributed by atoms with E-state index in [1.165, 1.54) is 4.68 Å². The van der Waals surface area contributed by atoms with Gasteiger partial charge in [0.05, 0.1) is 24.9 Å². The number of likely N-dealkylation sites (tertiary alicyclic amines) is 1. The fraction of sp³-hybridized carbons (Fsp3) is 0.643. The number of halogens is 1. The molecule has 2 heterocycles. The molecular weight excluding hydrogens is 308 g/mol. The van der Waals surface area contributed by atoms with Crippen molar-refractivity contribution >= 4 is 23.2 Å². The molecule has 0 bridgehead atoms. The first kappa shape index (κ1) is 16.8. The number of nitrogens with one attached hydrogen (secondary N) is 1. The first-order valence-corrected chi connectivity index (χ1v) is 7.65. The molecule has 1 fully saturated rings. The van der Waals surface area contributed by atoms with Crippen LogP contribution in [0.4, 0.5) is 5.69 Å². The van der Waals surface area contributed by atoms with Gasteiger partial charge in [0.15, 0.2) is 0 Å². The number of hydrogen-bond donors (Lipinski definition) is 1. The van der Waals surface area contributed by atoms with Crippen LogP contribution in [0.5, 0.6) is 0 Å². The lowest BCUT2D eigenvalue weighted by Gasteiger charge is -2.33. The Labute approximate surface area is 134 Å². The van der Waals surface area contributed by atoms with Gasteiger partial charge < -0.3 is 15.0 Å². The highest BCUT2D eigenvalue weighted by Gasteiger charge is 2.23. The van der Waals surface area contributed by atoms with Gasteiger partial charge in [0.1, 0.15) is 5.02 Å². The molecule has 0 aliphatic carbocycles. The molecule has 1 saturated heterocycles. The average Bonchev–Trinajstić information content (AvgIpc) is 2.54. The highest BCUT2D eigenvalue weighted by molar-refractivity contribution is 6.32. The van der Waals surface area contributed by atoms with E-state index in [1.807, 2.05) is 4.90 Å². The molecule has 1 aromatic rings. The van der Waals surface area contributed by atoms with Gasteiger partial charge in [0, 0.05) is 33.3 Å². The van der Waals surface area contributed by atoms with E-state index in [-0.39, 0.29) is 22.5 Å². The number of carbonyl (C=O) groups is 1. The summed E-state index contributed by atoms with van der Waals surface area (Å²) < 4.78 is 6.12. The van der Waals surface area contributed by atoms with Crippen molar-refractivity contribution in [1.82, 2.24) is 14.7 Å². The molecule has 0 radical (unpaired) electrons. The van der Waals surface area contributed by atoms with Crippen molar-refractivity contribution < 1.29 is 9.53 Å². The zero-order valence-corrected chi connectivity index (χ0v) is 13.6. The summed E-state index contributed by atoms with van der Waals surface area (Å²) >= 11 is 6.04. The van der Waals surface area contributed by atoms with Gasteiger partial charge in [-0.15, -0.1) is 0 Å². The van der Waals surface area contributed by atoms with Crippen LogP contribution >= 0.6 is 11.6 Å². The van der Waals surface area contributed by atoms with Crippen molar-refractivity contribution in [2.24, 2.45) is 7.05 Å². The molecule has 22 heavy (non-hydrogen) atoms. The predicted octanol–water partition coefficient (Wildman–Crippen LogP) is 0.873. The van der Waals surface area contributed by atoms with Crippen LogP contribution in [-0.4, -0.2) is 53.4 Å². The Kier molecular flexibility index (Phi) is 5.79. The molecule has 0 atom stereocenters. The summed E-state index contributed by atoms with van der Waals surface area (Å²) in [5.41, 5.74) is 0.229. The number of piperidine rings is 1. The first-order chi connectivity index (χ1) is 10.5. The number of amides is 1. The second-order valence-electron chi connectivity index (χ2n) is 5.34. The summed E-state index contributed by atoms with van der Waals surface area (Å²) in [6.45, 7) is 1.83. The smallest absolute Gasteiger partial charge is 0.287 e. The van der Waals surface area contributed by atoms with Gasteiger partial charge in [-0.05, 0) is 12.8 Å². The fourth-order valence-corrected chi connectivity index (χ4v) is 2.68. The summed E-state index contributed by atoms with van der Waals surface area (Å²) in [6, 6.07) is 0.179. The summed E-state index contributed by atoms with van der Waals surface area (Å²) in [6.07, 6.45) is 3.59. The molecule has 2 rings (SSSR count). The minimum Gasteiger partial charge on any atom is -0.384 e. The summed E-state index contributed by atoms with van der Waals surface area (Å²) in [7, 11) is 3.15. The Hall–Kier alpha value is -1.60. The molecular formula is C14H21ClN4O3. The monoisotopic (exact) mass is 328 g/mol. The minimum atomic E-state index is -0.321. The lowest BCUT2D eigenvalue weighted by atomic mass is 10.0. The van der Waals surface area contributed by atoms with Gasteiger partial charge in [-0.3, -0.25) is 9.59 Å². The van der Waals surface area contributed by atoms with E-state index in [4.69, 9.17) is 16.3 Å². The van der Waals surface area contributed by atoms with E-state index in [0.29, 0.717) is 31.8 Å². The van der Waals surface area contributed by atoms with Crippen LogP contribution in [0.25, 0.3) is 0 Å². The quantitative estimate of drug-likeness (QED) is 0.868. The van der Waals surface area contributed by atoms with Crippen molar-refractivity contribution in [2.45, 2.75) is 25.3 Å². The minimum absolute atomic E-state index is 0.119. The Bertz CT molecular complexity index is 582. The van der Waals surface area contributed by atoms with Gasteiger partial charge in [-0.2, -0.15) is 5.10 Å². The predicted molar refractivity (Wildman–Crippen MR) is 84.2 cm³/mol. The molecule has 0 spiro atoms. The number of aromatic nitrogens is 2. The maximum Gasteiger partial charge on any atom is 0.287 e. The standard InChI is InChI=1S/C14H21ClN4O3/c1-18-14(21)13(15)11(9-16-18)17-10-3-6-19(7-4-10)12(20)5-8-22-2/h9-10,17H,3-8H2,1-2H3. The normalized spacial score (nSPS) is 15.9. The first-order valence-electron chi connectivity index (χ1n) is 7.28. The number of ether oxygens (including phenoxy) is 1. The maximum atomic E-state index is 11.9. The zero-order chi connectivity index (χ0) is 16.1. The Morgan fingerprint density at radius 1 is 1.50 bits per heavy atom. The molecule has 0 unspecified atom stereocenters. The molecule has 7 nitrogen and oxygen atoms in total. The topological polar surface area (TPSA) is 76.5 Å². The van der Waals surface area contributed by atoms with Crippen LogP contribution in [0.3, 0.4) is 0 Å². The molecule has 1 amide bonds. The highest BCUT2D eigenvalue weighted by Crippen LogP contribution is 2.20. The average molecular weight is 329 g/mol. The van der Waals surface area contributed by atoms with Crippen LogP contribution in [-0.2, 0) is 16.6 Å². The van der Waals surface area contributed by atoms with Gasteiger partial charge in [0.2, 0.25) is 5.91 Å². The van der Waals surface area contributed by atoms with Crippen molar-refractivity contribution in [2.75, 3.05) is 32.1 Å². The number of hydrogen-bond acceptors (Lipinski definition) is 5. The third kappa shape index (κ3) is 3.98. The number of aryl methyl sites for hydroxylation is 1. The molecule has 1 N–H and O–H groups in total. The lowest BCUT2D eigenvalue weighted by Crippen LogP contribution is -2.42. The molecule has 1 aliphatic rings.